The van der Waals surface area contributed by atoms with Gasteiger partial charge in [0.1, 0.15) is 18.4 Å². The van der Waals surface area contributed by atoms with Gasteiger partial charge < -0.3 is 40.5 Å². The first-order valence-corrected chi connectivity index (χ1v) is 29.9. The Labute approximate surface area is 654 Å². The summed E-state index contributed by atoms with van der Waals surface area (Å²) in [6.45, 7) is -0.748. The molecule has 0 aliphatic carbocycles. The number of rotatable bonds is 17. The fraction of sp³-hybridized carbons (Fsp3) is 0.357. The van der Waals surface area contributed by atoms with Gasteiger partial charge in [0, 0.05) is 42.3 Å². The monoisotopic (exact) mass is 1640 g/mol. The predicted molar refractivity (Wildman–Crippen MR) is 335 cm³/mol. The second-order valence-corrected chi connectivity index (χ2v) is 22.9. The van der Waals surface area contributed by atoms with Crippen molar-refractivity contribution in [2.75, 3.05) is 19.5 Å². The molecule has 47 heteroatoms. The number of methoxy groups -OCH3 is 2. The molecule has 0 aliphatic rings. The van der Waals surface area contributed by atoms with Crippen LogP contribution in [-0.4, -0.2) is 176 Å². The fourth-order valence-corrected chi connectivity index (χ4v) is 7.80. The summed E-state index contributed by atoms with van der Waals surface area (Å²) in [7, 11) is 2.45. The number of aliphatic hydroxyl groups excluding tert-OH is 3. The minimum Gasteiger partial charge on any atom is -0.870 e. The summed E-state index contributed by atoms with van der Waals surface area (Å²) in [5, 5.41) is 67.2. The molecule has 4 aromatic carbocycles. The minimum absolute atomic E-state index is 0. The number of nitrogens with zero attached hydrogens (tertiary/aromatic N) is 10. The van der Waals surface area contributed by atoms with E-state index in [1.54, 1.807) is 20.8 Å². The van der Waals surface area contributed by atoms with Crippen LogP contribution < -0.4 is 98.1 Å². The van der Waals surface area contributed by atoms with E-state index in [0.717, 1.165) is 11.7 Å². The second kappa shape index (κ2) is 42.6. The van der Waals surface area contributed by atoms with Crippen molar-refractivity contribution in [3.63, 3.8) is 0 Å². The number of hydrogen-bond donors (Lipinski definition) is 6. The van der Waals surface area contributed by atoms with Crippen molar-refractivity contribution >= 4 is 86.0 Å². The third-order valence-corrected chi connectivity index (χ3v) is 13.2. The number of carboxylic acids is 1. The van der Waals surface area contributed by atoms with Crippen molar-refractivity contribution in [2.45, 2.75) is 109 Å². The van der Waals surface area contributed by atoms with Gasteiger partial charge >= 0.3 is 136 Å². The number of halogens is 17. The van der Waals surface area contributed by atoms with Crippen molar-refractivity contribution in [1.82, 2.24) is 58.2 Å². The summed E-state index contributed by atoms with van der Waals surface area (Å²) < 4.78 is 162. The number of aromatic amines is 2. The maximum atomic E-state index is 12.6. The molecule has 0 saturated heterocycles. The van der Waals surface area contributed by atoms with Crippen LogP contribution in [0, 0.1) is 0 Å². The molecule has 8 rings (SSSR count). The average molecular weight is 1650 g/mol. The van der Waals surface area contributed by atoms with Gasteiger partial charge in [0.2, 0.25) is 0 Å². The van der Waals surface area contributed by atoms with E-state index < -0.39 is 128 Å². The molecular formula is C56H55BrCl4F12KLiN12O16. The van der Waals surface area contributed by atoms with Gasteiger partial charge in [-0.25, -0.2) is 38.7 Å². The Bertz CT molecular complexity index is 4250. The van der Waals surface area contributed by atoms with E-state index in [2.05, 4.69) is 50.9 Å². The van der Waals surface area contributed by atoms with Crippen LogP contribution in [0.25, 0.3) is 45.6 Å². The molecule has 0 aliphatic heterocycles. The van der Waals surface area contributed by atoms with Crippen LogP contribution in [-0.2, 0) is 67.9 Å². The first kappa shape index (κ1) is 96.6. The number of nitrogens with one attached hydrogen (secondary N) is 2. The van der Waals surface area contributed by atoms with E-state index in [1.807, 2.05) is 5.10 Å². The number of ketones is 1. The molecule has 103 heavy (non-hydrogen) atoms. The van der Waals surface area contributed by atoms with Gasteiger partial charge in [0.05, 0.1) is 40.4 Å². The van der Waals surface area contributed by atoms with Gasteiger partial charge in [-0.3, -0.25) is 37.4 Å². The van der Waals surface area contributed by atoms with Crippen LogP contribution >= 0.6 is 62.3 Å². The summed E-state index contributed by atoms with van der Waals surface area (Å²) in [6, 6.07) is 23.5. The molecule has 7 N–H and O–H groups in total. The van der Waals surface area contributed by atoms with E-state index in [-0.39, 0.29) is 116 Å². The van der Waals surface area contributed by atoms with E-state index in [4.69, 9.17) is 56.6 Å². The Morgan fingerprint density at radius 1 is 0.505 bits per heavy atom. The van der Waals surface area contributed by atoms with Gasteiger partial charge in [-0.2, -0.15) is 62.9 Å². The number of Topliss-reactive ketones (excluding diaryl/α,β-unsaturated/α-hetero) is 1. The number of aliphatic carboxylic acids is 1. The Hall–Kier alpha value is -6.45. The van der Waals surface area contributed by atoms with Gasteiger partial charge in [-0.15, -0.1) is 15.8 Å². The molecule has 0 fully saturated rings. The number of carbonyl (C=O) groups is 4. The van der Waals surface area contributed by atoms with E-state index >= 15 is 0 Å². The van der Waals surface area contributed by atoms with Crippen molar-refractivity contribution in [3.05, 3.63) is 159 Å². The molecule has 0 saturated carbocycles. The van der Waals surface area contributed by atoms with E-state index in [1.165, 1.54) is 104 Å². The maximum Gasteiger partial charge on any atom is 1.00 e. The molecule has 8 aromatic rings. The molecule has 4 aromatic heterocycles. The third kappa shape index (κ3) is 32.0. The zero-order valence-corrected chi connectivity index (χ0v) is 61.8. The summed E-state index contributed by atoms with van der Waals surface area (Å²) >= 11 is 25.8. The Morgan fingerprint density at radius 3 is 1.04 bits per heavy atom. The molecule has 3 atom stereocenters. The number of carbonyl (C=O) groups excluding carboxylic acids is 3. The minimum atomic E-state index is -5.01. The van der Waals surface area contributed by atoms with Crippen molar-refractivity contribution in [3.8, 4) is 45.6 Å². The molecule has 0 radical (unpaired) electrons. The number of alkyl halides is 13. The van der Waals surface area contributed by atoms with Gasteiger partial charge in [-0.1, -0.05) is 83.1 Å². The normalized spacial score (nSPS) is 12.1. The van der Waals surface area contributed by atoms with E-state index in [0.29, 0.717) is 59.8 Å². The van der Waals surface area contributed by atoms with Gasteiger partial charge in [0.25, 0.3) is 5.78 Å². The van der Waals surface area contributed by atoms with Crippen molar-refractivity contribution in [2.24, 2.45) is 0 Å². The molecule has 0 spiro atoms. The number of benzene rings is 4. The summed E-state index contributed by atoms with van der Waals surface area (Å²) in [4.78, 5) is 90.3. The summed E-state index contributed by atoms with van der Waals surface area (Å²) in [5.41, 5.74) is -3.24. The second-order valence-electron chi connectivity index (χ2n) is 20.6. The number of carboxylic acid groups (broad SMARTS) is 1. The SMILES string of the molecule is CC(C)(C)[O-].COC(=O)CBr.COC(=O)Cn1nc(-c2ccc(Cl)cc2)n(C[C@H](O)C(F)(F)F)c1=O.O=C(Cn1c(-c2ccc(Cl)cc2)n[nH]c1=O)C(F)(F)F.O=C(O)Cn1nc(-c2ccc(Cl)cc2)n(C[C@H](O)C(F)(F)F)c1=O.O=c1[nH]nc(-c2ccc(Cl)cc2)n1C[C@H](O)C(F)(F)F.[K+].[Li+].[OH-]. The molecule has 28 nitrogen and oxygen atoms in total. The molecule has 4 heterocycles. The van der Waals surface area contributed by atoms with Gasteiger partial charge in [0.15, 0.2) is 41.6 Å². The number of H-pyrrole nitrogens is 2. The van der Waals surface area contributed by atoms with Crippen LogP contribution in [0.4, 0.5) is 52.7 Å². The van der Waals surface area contributed by atoms with Crippen LogP contribution in [0.2, 0.25) is 20.1 Å². The Morgan fingerprint density at radius 2 is 0.777 bits per heavy atom. The van der Waals surface area contributed by atoms with E-state index in [9.17, 15) is 106 Å². The Kier molecular flexibility index (Phi) is 40.0. The number of ether oxygens (including phenoxy) is 2. The quantitative estimate of drug-likeness (QED) is 0.0323. The average Bonchev–Trinajstić information content (AvgIpc) is 1.67. The maximum absolute atomic E-state index is 12.6. The number of aliphatic hydroxyl groups is 3. The fourth-order valence-electron chi connectivity index (χ4n) is 7.06. The largest absolute Gasteiger partial charge is 1.00 e. The number of aromatic nitrogens is 12. The van der Waals surface area contributed by atoms with Crippen LogP contribution in [0.5, 0.6) is 0 Å². The zero-order valence-electron chi connectivity index (χ0n) is 54.0. The van der Waals surface area contributed by atoms with Crippen LogP contribution in [0.3, 0.4) is 0 Å². The third-order valence-electron chi connectivity index (χ3n) is 11.7. The molecule has 556 valence electrons. The Balaban J connectivity index is 0.00000127. The van der Waals surface area contributed by atoms with Crippen molar-refractivity contribution < 1.29 is 183 Å². The van der Waals surface area contributed by atoms with Crippen LogP contribution in [0.15, 0.2) is 116 Å². The standard InChI is InChI=1S/C14H13ClF3N3O4.C13H11ClF3N3O4.C11H9ClF3N3O2.C11H7ClF3N3O2.C4H9O.C3H5BrO2.K.Li.H2O/c1-25-11(23)7-21-13(24)20(6-10(22)14(16,17)18)12(19-21)8-2-4-9(15)5-3-8;14-8-3-1-7(2-4-8)11-18-20(6-10(22)23)12(24)19(11)5-9(21)13(15,16)17;2*12-7-3-1-6(2-4-7)9-16-17-10(20)18(9)5-8(19)11(13,14)15;1-4(2,3)5;1-6-3(5)2-4;;;/h2-5,10,22H,6-7H2,1H3;1-4,9,21H,5-6H2,(H,22,23);1-4,8,19H,5H2,(H,17,20);1-4H,5H2,(H,17,20);1-3H3;2H2,1H3;;;1H2/q;;;;-1;;2*+1;/p-1/t10-;9-;8-;;;;;;/m000....../s1. The smallest absolute Gasteiger partial charge is 0.870 e. The zero-order chi connectivity index (χ0) is 76.2. The van der Waals surface area contributed by atoms with Crippen LogP contribution in [0.1, 0.15) is 20.8 Å². The summed E-state index contributed by atoms with van der Waals surface area (Å²) in [6.07, 6.45) is -27.9. The molecule has 0 unspecified atom stereocenters. The van der Waals surface area contributed by atoms with Crippen molar-refractivity contribution in [1.29, 1.82) is 0 Å². The molecular weight excluding hydrogens is 1590 g/mol. The topological polar surface area (TPSA) is 402 Å². The molecule has 0 bridgehead atoms. The number of hydrogen-bond acceptors (Lipinski definition) is 19. The first-order valence-electron chi connectivity index (χ1n) is 27.3. The predicted octanol–water partition coefficient (Wildman–Crippen LogP) is 1.20. The summed E-state index contributed by atoms with van der Waals surface area (Å²) in [5.74, 6) is -4.88. The molecule has 0 amide bonds. The van der Waals surface area contributed by atoms with Gasteiger partial charge in [-0.05, 0) is 97.1 Å². The first-order chi connectivity index (χ1) is 46.1. The number of esters is 2.